The zero-order valence-electron chi connectivity index (χ0n) is 8.99. The first-order valence-corrected chi connectivity index (χ1v) is 5.98. The van der Waals surface area contributed by atoms with E-state index in [0.717, 1.165) is 4.88 Å². The second-order valence-electron chi connectivity index (χ2n) is 3.49. The van der Waals surface area contributed by atoms with Gasteiger partial charge >= 0.3 is 0 Å². The van der Waals surface area contributed by atoms with Gasteiger partial charge in [-0.25, -0.2) is 4.98 Å². The SMILES string of the molecule is CCc1c(N)nc(Cc2cccs2)[nH]c1=O. The third-order valence-electron chi connectivity index (χ3n) is 2.37. The maximum atomic E-state index is 11.6. The van der Waals surface area contributed by atoms with Gasteiger partial charge in [-0.1, -0.05) is 13.0 Å². The lowest BCUT2D eigenvalue weighted by molar-refractivity contribution is 0.923. The highest BCUT2D eigenvalue weighted by atomic mass is 32.1. The van der Waals surface area contributed by atoms with Gasteiger partial charge in [-0.3, -0.25) is 4.79 Å². The highest BCUT2D eigenvalue weighted by Crippen LogP contribution is 2.13. The maximum Gasteiger partial charge on any atom is 0.256 e. The average Bonchev–Trinajstić information content (AvgIpc) is 2.70. The normalized spacial score (nSPS) is 10.6. The van der Waals surface area contributed by atoms with Crippen LogP contribution in [0.3, 0.4) is 0 Å². The zero-order chi connectivity index (χ0) is 11.5. The molecule has 0 atom stereocenters. The zero-order valence-corrected chi connectivity index (χ0v) is 9.80. The molecule has 2 heterocycles. The monoisotopic (exact) mass is 235 g/mol. The second-order valence-corrected chi connectivity index (χ2v) is 4.52. The maximum absolute atomic E-state index is 11.6. The molecule has 0 fully saturated rings. The predicted octanol–water partition coefficient (Wildman–Crippen LogP) is 1.57. The molecule has 2 aromatic rings. The second kappa shape index (κ2) is 4.49. The summed E-state index contributed by atoms with van der Waals surface area (Å²) in [6.45, 7) is 1.89. The highest BCUT2D eigenvalue weighted by molar-refractivity contribution is 7.09. The number of rotatable bonds is 3. The number of anilines is 1. The minimum atomic E-state index is -0.124. The predicted molar refractivity (Wildman–Crippen MR) is 65.8 cm³/mol. The fourth-order valence-corrected chi connectivity index (χ4v) is 2.28. The fraction of sp³-hybridized carbons (Fsp3) is 0.273. The number of nitrogens with zero attached hydrogens (tertiary/aromatic N) is 1. The van der Waals surface area contributed by atoms with Crippen molar-refractivity contribution in [2.45, 2.75) is 19.8 Å². The molecule has 0 radical (unpaired) electrons. The van der Waals surface area contributed by atoms with E-state index in [1.807, 2.05) is 24.4 Å². The van der Waals surface area contributed by atoms with Crippen LogP contribution in [-0.2, 0) is 12.8 Å². The smallest absolute Gasteiger partial charge is 0.256 e. The topological polar surface area (TPSA) is 71.8 Å². The van der Waals surface area contributed by atoms with E-state index in [2.05, 4.69) is 9.97 Å². The van der Waals surface area contributed by atoms with Crippen LogP contribution in [0, 0.1) is 0 Å². The van der Waals surface area contributed by atoms with Crippen LogP contribution in [0.1, 0.15) is 23.2 Å². The molecular formula is C11H13N3OS. The number of nitrogens with one attached hydrogen (secondary N) is 1. The lowest BCUT2D eigenvalue weighted by Crippen LogP contribution is -2.19. The Kier molecular flexibility index (Phi) is 3.05. The van der Waals surface area contributed by atoms with Crippen molar-refractivity contribution in [3.05, 3.63) is 44.1 Å². The molecule has 84 valence electrons. The van der Waals surface area contributed by atoms with Crippen LogP contribution >= 0.6 is 11.3 Å². The molecule has 2 aromatic heterocycles. The van der Waals surface area contributed by atoms with E-state index in [1.165, 1.54) is 0 Å². The number of aromatic amines is 1. The van der Waals surface area contributed by atoms with Crippen LogP contribution in [0.5, 0.6) is 0 Å². The fourth-order valence-electron chi connectivity index (χ4n) is 1.57. The molecule has 3 N–H and O–H groups in total. The van der Waals surface area contributed by atoms with Crippen LogP contribution in [-0.4, -0.2) is 9.97 Å². The van der Waals surface area contributed by atoms with Crippen molar-refractivity contribution < 1.29 is 0 Å². The molecular weight excluding hydrogens is 222 g/mol. The molecule has 0 amide bonds. The van der Waals surface area contributed by atoms with Gasteiger partial charge in [0.2, 0.25) is 0 Å². The summed E-state index contributed by atoms with van der Waals surface area (Å²) in [6, 6.07) is 3.98. The average molecular weight is 235 g/mol. The molecule has 4 nitrogen and oxygen atoms in total. The number of thiophene rings is 1. The van der Waals surface area contributed by atoms with Gasteiger partial charge in [-0.15, -0.1) is 11.3 Å². The summed E-state index contributed by atoms with van der Waals surface area (Å²) < 4.78 is 0. The van der Waals surface area contributed by atoms with Gasteiger partial charge in [0.1, 0.15) is 11.6 Å². The molecule has 0 spiro atoms. The summed E-state index contributed by atoms with van der Waals surface area (Å²) in [6.07, 6.45) is 1.23. The van der Waals surface area contributed by atoms with Gasteiger partial charge in [0, 0.05) is 11.3 Å². The molecule has 0 aliphatic heterocycles. The molecule has 0 bridgehead atoms. The van der Waals surface area contributed by atoms with Crippen LogP contribution in [0.4, 0.5) is 5.82 Å². The molecule has 0 aromatic carbocycles. The summed E-state index contributed by atoms with van der Waals surface area (Å²) in [5.41, 5.74) is 6.18. The van der Waals surface area contributed by atoms with E-state index in [0.29, 0.717) is 30.0 Å². The molecule has 0 unspecified atom stereocenters. The van der Waals surface area contributed by atoms with Gasteiger partial charge < -0.3 is 10.7 Å². The minimum Gasteiger partial charge on any atom is -0.383 e. The molecule has 2 rings (SSSR count). The molecule has 16 heavy (non-hydrogen) atoms. The number of nitrogen functional groups attached to an aromatic ring is 1. The molecule has 0 saturated carbocycles. The Balaban J connectivity index is 2.34. The Morgan fingerprint density at radius 3 is 2.94 bits per heavy atom. The quantitative estimate of drug-likeness (QED) is 0.848. The van der Waals surface area contributed by atoms with Gasteiger partial charge in [0.05, 0.1) is 5.56 Å². The summed E-state index contributed by atoms with van der Waals surface area (Å²) in [4.78, 5) is 19.8. The van der Waals surface area contributed by atoms with E-state index in [-0.39, 0.29) is 5.56 Å². The third-order valence-corrected chi connectivity index (χ3v) is 3.25. The van der Waals surface area contributed by atoms with Crippen molar-refractivity contribution in [2.24, 2.45) is 0 Å². The summed E-state index contributed by atoms with van der Waals surface area (Å²) in [5.74, 6) is 0.972. The number of aromatic nitrogens is 2. The Bertz CT molecular complexity index is 531. The van der Waals surface area contributed by atoms with Crippen molar-refractivity contribution >= 4 is 17.2 Å². The molecule has 0 aliphatic carbocycles. The van der Waals surface area contributed by atoms with E-state index >= 15 is 0 Å². The van der Waals surface area contributed by atoms with Crippen molar-refractivity contribution in [3.63, 3.8) is 0 Å². The summed E-state index contributed by atoms with van der Waals surface area (Å²) in [7, 11) is 0. The summed E-state index contributed by atoms with van der Waals surface area (Å²) in [5, 5.41) is 2.00. The largest absolute Gasteiger partial charge is 0.383 e. The van der Waals surface area contributed by atoms with Crippen molar-refractivity contribution in [2.75, 3.05) is 5.73 Å². The van der Waals surface area contributed by atoms with Gasteiger partial charge in [-0.2, -0.15) is 0 Å². The van der Waals surface area contributed by atoms with Crippen LogP contribution in [0.25, 0.3) is 0 Å². The van der Waals surface area contributed by atoms with Crippen molar-refractivity contribution in [1.29, 1.82) is 0 Å². The van der Waals surface area contributed by atoms with Gasteiger partial charge in [-0.05, 0) is 17.9 Å². The number of hydrogen-bond donors (Lipinski definition) is 2. The Hall–Kier alpha value is -1.62. The Morgan fingerprint density at radius 1 is 1.56 bits per heavy atom. The van der Waals surface area contributed by atoms with Crippen LogP contribution in [0.15, 0.2) is 22.3 Å². The van der Waals surface area contributed by atoms with Gasteiger partial charge in [0.25, 0.3) is 5.56 Å². The molecule has 0 saturated heterocycles. The van der Waals surface area contributed by atoms with Gasteiger partial charge in [0.15, 0.2) is 0 Å². The number of nitrogens with two attached hydrogens (primary N) is 1. The van der Waals surface area contributed by atoms with Crippen molar-refractivity contribution in [3.8, 4) is 0 Å². The van der Waals surface area contributed by atoms with Crippen molar-refractivity contribution in [1.82, 2.24) is 9.97 Å². The van der Waals surface area contributed by atoms with E-state index in [4.69, 9.17) is 5.73 Å². The first kappa shape index (κ1) is 10.9. The molecule has 0 aliphatic rings. The first-order valence-electron chi connectivity index (χ1n) is 5.10. The number of H-pyrrole nitrogens is 1. The molecule has 5 heteroatoms. The summed E-state index contributed by atoms with van der Waals surface area (Å²) >= 11 is 1.64. The highest BCUT2D eigenvalue weighted by Gasteiger charge is 2.07. The Morgan fingerprint density at radius 2 is 2.38 bits per heavy atom. The Labute approximate surface area is 97.2 Å². The lowest BCUT2D eigenvalue weighted by Gasteiger charge is -2.04. The van der Waals surface area contributed by atoms with Crippen LogP contribution < -0.4 is 11.3 Å². The van der Waals surface area contributed by atoms with E-state index in [1.54, 1.807) is 11.3 Å². The van der Waals surface area contributed by atoms with E-state index in [9.17, 15) is 4.79 Å². The third kappa shape index (κ3) is 2.14. The first-order chi connectivity index (χ1) is 7.70. The minimum absolute atomic E-state index is 0.124. The standard InChI is InChI=1S/C11H13N3OS/c1-2-8-10(12)13-9(14-11(8)15)6-7-4-3-5-16-7/h3-5H,2,6H2,1H3,(H3,12,13,14,15). The lowest BCUT2D eigenvalue weighted by atomic mass is 10.2. The van der Waals surface area contributed by atoms with Crippen LogP contribution in [0.2, 0.25) is 0 Å². The van der Waals surface area contributed by atoms with E-state index < -0.39 is 0 Å². The number of hydrogen-bond acceptors (Lipinski definition) is 4.